The van der Waals surface area contributed by atoms with Crippen LogP contribution in [0.15, 0.2) is 0 Å². The van der Waals surface area contributed by atoms with Crippen molar-refractivity contribution in [1.29, 1.82) is 0 Å². The second kappa shape index (κ2) is 5.16. The van der Waals surface area contributed by atoms with Gasteiger partial charge in [-0.05, 0) is 0 Å². The van der Waals surface area contributed by atoms with Crippen LogP contribution in [0, 0.1) is 0 Å². The van der Waals surface area contributed by atoms with Crippen LogP contribution in [-0.2, 0) is 4.79 Å². The van der Waals surface area contributed by atoms with Crippen molar-refractivity contribution in [3.8, 4) is 0 Å². The number of nitrogens with one attached hydrogen (secondary N) is 1. The smallest absolute Gasteiger partial charge is 0.219 e. The van der Waals surface area contributed by atoms with Crippen molar-refractivity contribution < 1.29 is 4.79 Å². The fraction of sp³-hybridized carbons (Fsp3) is 0.800. The molecule has 0 saturated carbocycles. The minimum Gasteiger partial charge on any atom is -0.355 e. The molecular formula is C5H14N4O. The van der Waals surface area contributed by atoms with Crippen LogP contribution in [0.5, 0.6) is 0 Å². The number of hydrogen-bond donors (Lipinski definition) is 3. The van der Waals surface area contributed by atoms with Crippen molar-refractivity contribution >= 4 is 5.91 Å². The molecule has 5 nitrogen and oxygen atoms in total. The molecule has 5 N–H and O–H groups in total. The summed E-state index contributed by atoms with van der Waals surface area (Å²) in [5, 5.41) is 3.66. The number of carbonyl (C=O) groups excluding carboxylic acids is 1. The molecule has 5 heteroatoms. The Morgan fingerprint density at radius 1 is 1.60 bits per heavy atom. The van der Waals surface area contributed by atoms with Gasteiger partial charge in [-0.3, -0.25) is 16.5 Å². The average molecular weight is 146 g/mol. The maximum absolute atomic E-state index is 10.6. The summed E-state index contributed by atoms with van der Waals surface area (Å²) in [6.07, 6.45) is 0.495. The lowest BCUT2D eigenvalue weighted by Gasteiger charge is -2.08. The molecule has 0 saturated heterocycles. The third-order valence-corrected chi connectivity index (χ3v) is 1.01. The van der Waals surface area contributed by atoms with Crippen molar-refractivity contribution in [1.82, 2.24) is 10.4 Å². The fourth-order valence-electron chi connectivity index (χ4n) is 0.449. The van der Waals surface area contributed by atoms with E-state index in [4.69, 9.17) is 11.7 Å². The monoisotopic (exact) mass is 146 g/mol. The molecule has 1 amide bonds. The average Bonchev–Trinajstić information content (AvgIpc) is 1.87. The van der Waals surface area contributed by atoms with Gasteiger partial charge >= 0.3 is 0 Å². The van der Waals surface area contributed by atoms with E-state index in [9.17, 15) is 4.79 Å². The van der Waals surface area contributed by atoms with Crippen LogP contribution in [0.4, 0.5) is 0 Å². The van der Waals surface area contributed by atoms with Gasteiger partial charge in [-0.15, -0.1) is 0 Å². The third kappa shape index (κ3) is 5.49. The van der Waals surface area contributed by atoms with Crippen LogP contribution in [0.25, 0.3) is 0 Å². The number of amides is 1. The fourth-order valence-corrected chi connectivity index (χ4v) is 0.449. The second-order valence-corrected chi connectivity index (χ2v) is 1.94. The van der Waals surface area contributed by atoms with Crippen LogP contribution in [-0.4, -0.2) is 24.1 Å². The molecule has 0 bridgehead atoms. The first-order valence-corrected chi connectivity index (χ1v) is 3.20. The highest BCUT2D eigenvalue weighted by Gasteiger charge is 1.95. The first kappa shape index (κ1) is 9.35. The van der Waals surface area contributed by atoms with Crippen molar-refractivity contribution in [2.75, 3.05) is 13.1 Å². The summed E-state index contributed by atoms with van der Waals surface area (Å²) < 4.78 is 0. The van der Waals surface area contributed by atoms with E-state index in [1.807, 2.05) is 0 Å². The summed E-state index contributed by atoms with van der Waals surface area (Å²) in [5.74, 6) is 10.2. The van der Waals surface area contributed by atoms with Gasteiger partial charge in [-0.25, -0.2) is 0 Å². The number of carbonyl (C=O) groups is 1. The molecule has 0 aromatic heterocycles. The first-order chi connectivity index (χ1) is 4.66. The van der Waals surface area contributed by atoms with Crippen molar-refractivity contribution in [2.45, 2.75) is 13.3 Å². The molecule has 10 heavy (non-hydrogen) atoms. The first-order valence-electron chi connectivity index (χ1n) is 3.20. The highest BCUT2D eigenvalue weighted by atomic mass is 16.1. The van der Waals surface area contributed by atoms with E-state index in [2.05, 4.69) is 5.32 Å². The van der Waals surface area contributed by atoms with Gasteiger partial charge in [0.05, 0.1) is 0 Å². The Balaban J connectivity index is 3.12. The van der Waals surface area contributed by atoms with Gasteiger partial charge in [0.15, 0.2) is 0 Å². The Bertz CT molecular complexity index is 104. The van der Waals surface area contributed by atoms with E-state index in [0.29, 0.717) is 19.5 Å². The molecule has 0 rings (SSSR count). The van der Waals surface area contributed by atoms with Crippen molar-refractivity contribution in [2.24, 2.45) is 11.7 Å². The molecular weight excluding hydrogens is 132 g/mol. The summed E-state index contributed by atoms with van der Waals surface area (Å²) in [5.41, 5.74) is 0. The van der Waals surface area contributed by atoms with Gasteiger partial charge in [0.2, 0.25) is 5.91 Å². The van der Waals surface area contributed by atoms with E-state index in [1.165, 1.54) is 0 Å². The summed E-state index contributed by atoms with van der Waals surface area (Å²) in [6, 6.07) is 0. The van der Waals surface area contributed by atoms with Gasteiger partial charge in [0, 0.05) is 19.5 Å². The zero-order valence-corrected chi connectivity index (χ0v) is 6.13. The minimum absolute atomic E-state index is 0.0156. The lowest BCUT2D eigenvalue weighted by atomic mass is 10.4. The van der Waals surface area contributed by atoms with E-state index >= 15 is 0 Å². The Hall–Kier alpha value is -0.650. The SMILES string of the molecule is CCC(=O)NCCN(N)N. The van der Waals surface area contributed by atoms with E-state index in [1.54, 1.807) is 6.92 Å². The Morgan fingerprint density at radius 3 is 2.60 bits per heavy atom. The molecule has 0 unspecified atom stereocenters. The summed E-state index contributed by atoms with van der Waals surface area (Å²) >= 11 is 0. The summed E-state index contributed by atoms with van der Waals surface area (Å²) in [6.45, 7) is 2.75. The molecule has 0 atom stereocenters. The molecule has 0 aliphatic heterocycles. The van der Waals surface area contributed by atoms with Crippen molar-refractivity contribution in [3.05, 3.63) is 0 Å². The van der Waals surface area contributed by atoms with E-state index in [-0.39, 0.29) is 5.91 Å². The number of nitrogens with two attached hydrogens (primary N) is 2. The summed E-state index contributed by atoms with van der Waals surface area (Å²) in [4.78, 5) is 10.6. The predicted molar refractivity (Wildman–Crippen MR) is 38.4 cm³/mol. The molecule has 0 aromatic rings. The Kier molecular flexibility index (Phi) is 4.82. The molecule has 0 spiro atoms. The lowest BCUT2D eigenvalue weighted by molar-refractivity contribution is -0.120. The van der Waals surface area contributed by atoms with Gasteiger partial charge in [0.25, 0.3) is 0 Å². The lowest BCUT2D eigenvalue weighted by Crippen LogP contribution is -2.43. The van der Waals surface area contributed by atoms with Gasteiger partial charge in [0.1, 0.15) is 0 Å². The van der Waals surface area contributed by atoms with Crippen LogP contribution in [0.2, 0.25) is 0 Å². The molecule has 0 fully saturated rings. The van der Waals surface area contributed by atoms with Crippen LogP contribution in [0.3, 0.4) is 0 Å². The van der Waals surface area contributed by atoms with Gasteiger partial charge in [-0.1, -0.05) is 6.92 Å². The van der Waals surface area contributed by atoms with Crippen LogP contribution in [0.1, 0.15) is 13.3 Å². The van der Waals surface area contributed by atoms with Gasteiger partial charge in [-0.2, -0.15) is 5.12 Å². The molecule has 0 aliphatic rings. The summed E-state index contributed by atoms with van der Waals surface area (Å²) in [7, 11) is 0. The largest absolute Gasteiger partial charge is 0.355 e. The minimum atomic E-state index is 0.0156. The number of hydrazine groups is 2. The normalized spacial score (nSPS) is 10.0. The Morgan fingerprint density at radius 2 is 2.20 bits per heavy atom. The maximum Gasteiger partial charge on any atom is 0.219 e. The third-order valence-electron chi connectivity index (χ3n) is 1.01. The highest BCUT2D eigenvalue weighted by molar-refractivity contribution is 5.75. The van der Waals surface area contributed by atoms with Crippen molar-refractivity contribution in [3.63, 3.8) is 0 Å². The number of nitrogens with zero attached hydrogens (tertiary/aromatic N) is 1. The maximum atomic E-state index is 10.6. The zero-order chi connectivity index (χ0) is 7.98. The van der Waals surface area contributed by atoms with E-state index in [0.717, 1.165) is 5.12 Å². The molecule has 0 radical (unpaired) electrons. The molecule has 0 heterocycles. The standard InChI is InChI=1S/C5H14N4O/c1-2-5(10)8-3-4-9(6)7/h2-4,6-7H2,1H3,(H,8,10). The highest BCUT2D eigenvalue weighted by Crippen LogP contribution is 1.73. The van der Waals surface area contributed by atoms with Crippen LogP contribution >= 0.6 is 0 Å². The second-order valence-electron chi connectivity index (χ2n) is 1.94. The zero-order valence-electron chi connectivity index (χ0n) is 6.13. The molecule has 0 aliphatic carbocycles. The van der Waals surface area contributed by atoms with Crippen LogP contribution < -0.4 is 17.0 Å². The Labute approximate surface area is 60.3 Å². The topological polar surface area (TPSA) is 84.4 Å². The number of rotatable bonds is 4. The molecule has 60 valence electrons. The quantitative estimate of drug-likeness (QED) is 0.335. The number of hydrogen-bond acceptors (Lipinski definition) is 4. The molecule has 0 aromatic carbocycles. The van der Waals surface area contributed by atoms with Gasteiger partial charge < -0.3 is 5.32 Å². The predicted octanol–water partition coefficient (Wildman–Crippen LogP) is -1.44. The van der Waals surface area contributed by atoms with E-state index < -0.39 is 0 Å².